The first kappa shape index (κ1) is 12.6. The van der Waals surface area contributed by atoms with Crippen LogP contribution in [0.4, 0.5) is 11.4 Å². The van der Waals surface area contributed by atoms with E-state index in [9.17, 15) is 4.79 Å². The zero-order valence-corrected chi connectivity index (χ0v) is 11.5. The Labute approximate surface area is 114 Å². The Kier molecular flexibility index (Phi) is 3.67. The number of nitrogen functional groups attached to an aromatic ring is 1. The molecular formula is C14H13BrN2O. The van der Waals surface area contributed by atoms with Gasteiger partial charge in [0.25, 0.3) is 5.91 Å². The van der Waals surface area contributed by atoms with Crippen LogP contribution in [0.1, 0.15) is 15.9 Å². The van der Waals surface area contributed by atoms with Crippen LogP contribution in [0.3, 0.4) is 0 Å². The minimum Gasteiger partial charge on any atom is -0.397 e. The third-order valence-corrected chi connectivity index (χ3v) is 3.27. The molecule has 0 aliphatic carbocycles. The van der Waals surface area contributed by atoms with Crippen molar-refractivity contribution in [2.75, 3.05) is 11.1 Å². The van der Waals surface area contributed by atoms with Gasteiger partial charge in [0, 0.05) is 4.47 Å². The number of aryl methyl sites for hydroxylation is 1. The van der Waals surface area contributed by atoms with Gasteiger partial charge in [-0.05, 0) is 52.7 Å². The van der Waals surface area contributed by atoms with Crippen molar-refractivity contribution < 1.29 is 4.79 Å². The van der Waals surface area contributed by atoms with E-state index in [-0.39, 0.29) is 5.91 Å². The number of halogens is 1. The van der Waals surface area contributed by atoms with Gasteiger partial charge >= 0.3 is 0 Å². The molecule has 2 rings (SSSR count). The second kappa shape index (κ2) is 5.23. The Bertz CT molecular complexity index is 596. The van der Waals surface area contributed by atoms with Crippen molar-refractivity contribution in [3.63, 3.8) is 0 Å². The molecule has 0 atom stereocenters. The van der Waals surface area contributed by atoms with Gasteiger partial charge in [-0.1, -0.05) is 18.2 Å². The Morgan fingerprint density at radius 2 is 1.94 bits per heavy atom. The summed E-state index contributed by atoms with van der Waals surface area (Å²) in [7, 11) is 0. The topological polar surface area (TPSA) is 55.1 Å². The molecular weight excluding hydrogens is 292 g/mol. The second-order valence-electron chi connectivity index (χ2n) is 4.02. The molecule has 0 spiro atoms. The summed E-state index contributed by atoms with van der Waals surface area (Å²) in [6.07, 6.45) is 0. The van der Waals surface area contributed by atoms with E-state index >= 15 is 0 Å². The molecule has 0 aliphatic heterocycles. The highest BCUT2D eigenvalue weighted by molar-refractivity contribution is 9.10. The number of benzene rings is 2. The number of carbonyl (C=O) groups excluding carboxylic acids is 1. The molecule has 4 heteroatoms. The lowest BCUT2D eigenvalue weighted by atomic mass is 10.1. The third-order valence-electron chi connectivity index (χ3n) is 2.58. The summed E-state index contributed by atoms with van der Waals surface area (Å²) in [6, 6.07) is 12.8. The Balaban J connectivity index is 2.27. The molecule has 3 nitrogen and oxygen atoms in total. The van der Waals surface area contributed by atoms with E-state index in [1.54, 1.807) is 12.1 Å². The van der Waals surface area contributed by atoms with Crippen LogP contribution >= 0.6 is 15.9 Å². The Morgan fingerprint density at radius 1 is 1.22 bits per heavy atom. The summed E-state index contributed by atoms with van der Waals surface area (Å²) in [5.74, 6) is -0.181. The van der Waals surface area contributed by atoms with Gasteiger partial charge in [-0.2, -0.15) is 0 Å². The van der Waals surface area contributed by atoms with Crippen LogP contribution in [-0.2, 0) is 0 Å². The Hall–Kier alpha value is -1.81. The molecule has 0 radical (unpaired) electrons. The number of nitrogens with one attached hydrogen (secondary N) is 1. The molecule has 92 valence electrons. The molecule has 0 heterocycles. The molecule has 2 aromatic carbocycles. The van der Waals surface area contributed by atoms with Crippen LogP contribution in [0.5, 0.6) is 0 Å². The van der Waals surface area contributed by atoms with Gasteiger partial charge in [-0.25, -0.2) is 0 Å². The van der Waals surface area contributed by atoms with Gasteiger partial charge in [-0.15, -0.1) is 0 Å². The first-order chi connectivity index (χ1) is 8.58. The van der Waals surface area contributed by atoms with Crippen molar-refractivity contribution in [2.45, 2.75) is 6.92 Å². The zero-order chi connectivity index (χ0) is 13.1. The number of nitrogens with two attached hydrogens (primary N) is 1. The molecule has 18 heavy (non-hydrogen) atoms. The molecule has 0 bridgehead atoms. The molecule has 2 aromatic rings. The van der Waals surface area contributed by atoms with E-state index in [2.05, 4.69) is 21.2 Å². The third kappa shape index (κ3) is 2.71. The van der Waals surface area contributed by atoms with Crippen LogP contribution in [0.15, 0.2) is 46.9 Å². The minimum absolute atomic E-state index is 0.181. The van der Waals surface area contributed by atoms with Crippen molar-refractivity contribution in [1.29, 1.82) is 0 Å². The van der Waals surface area contributed by atoms with Crippen molar-refractivity contribution in [3.8, 4) is 0 Å². The molecule has 3 N–H and O–H groups in total. The van der Waals surface area contributed by atoms with Gasteiger partial charge in [0.1, 0.15) is 0 Å². The first-order valence-electron chi connectivity index (χ1n) is 5.50. The maximum absolute atomic E-state index is 12.1. The van der Waals surface area contributed by atoms with Crippen molar-refractivity contribution in [3.05, 3.63) is 58.1 Å². The first-order valence-corrected chi connectivity index (χ1v) is 6.29. The predicted octanol–water partition coefficient (Wildman–Crippen LogP) is 3.59. The van der Waals surface area contributed by atoms with Crippen LogP contribution in [0.25, 0.3) is 0 Å². The number of carbonyl (C=O) groups is 1. The van der Waals surface area contributed by atoms with E-state index in [0.29, 0.717) is 16.9 Å². The van der Waals surface area contributed by atoms with E-state index in [1.165, 1.54) is 0 Å². The largest absolute Gasteiger partial charge is 0.397 e. The summed E-state index contributed by atoms with van der Waals surface area (Å²) in [4.78, 5) is 12.1. The fraction of sp³-hybridized carbons (Fsp3) is 0.0714. The van der Waals surface area contributed by atoms with E-state index in [4.69, 9.17) is 5.73 Å². The zero-order valence-electron chi connectivity index (χ0n) is 9.91. The maximum Gasteiger partial charge on any atom is 0.256 e. The van der Waals surface area contributed by atoms with E-state index in [0.717, 1.165) is 10.0 Å². The highest BCUT2D eigenvalue weighted by Crippen LogP contribution is 2.22. The quantitative estimate of drug-likeness (QED) is 0.833. The van der Waals surface area contributed by atoms with Crippen LogP contribution in [0, 0.1) is 6.92 Å². The number of amides is 1. The summed E-state index contributed by atoms with van der Waals surface area (Å²) < 4.78 is 0.758. The second-order valence-corrected chi connectivity index (χ2v) is 4.88. The van der Waals surface area contributed by atoms with Gasteiger partial charge in [0.2, 0.25) is 0 Å². The minimum atomic E-state index is -0.181. The smallest absolute Gasteiger partial charge is 0.256 e. The molecule has 1 amide bonds. The number of rotatable bonds is 2. The van der Waals surface area contributed by atoms with Crippen molar-refractivity contribution >= 4 is 33.2 Å². The molecule has 0 fully saturated rings. The normalized spacial score (nSPS) is 10.1. The average molecular weight is 305 g/mol. The monoisotopic (exact) mass is 304 g/mol. The van der Waals surface area contributed by atoms with Crippen LogP contribution in [-0.4, -0.2) is 5.91 Å². The van der Waals surface area contributed by atoms with E-state index in [1.807, 2.05) is 37.3 Å². The summed E-state index contributed by atoms with van der Waals surface area (Å²) >= 11 is 3.35. The van der Waals surface area contributed by atoms with E-state index < -0.39 is 0 Å². The summed E-state index contributed by atoms with van der Waals surface area (Å²) in [6.45, 7) is 1.95. The molecule has 0 aliphatic rings. The molecule has 0 unspecified atom stereocenters. The number of hydrogen-bond acceptors (Lipinski definition) is 2. The van der Waals surface area contributed by atoms with Crippen LogP contribution in [0.2, 0.25) is 0 Å². The Morgan fingerprint density at radius 3 is 2.67 bits per heavy atom. The standard InChI is InChI=1S/C14H13BrN2O/c1-9-6-7-12(16)13(8-9)17-14(18)10-4-2-3-5-11(10)15/h2-8H,16H2,1H3,(H,17,18). The van der Waals surface area contributed by atoms with Crippen molar-refractivity contribution in [1.82, 2.24) is 0 Å². The lowest BCUT2D eigenvalue weighted by Crippen LogP contribution is -2.13. The fourth-order valence-electron chi connectivity index (χ4n) is 1.61. The van der Waals surface area contributed by atoms with Gasteiger partial charge in [0.15, 0.2) is 0 Å². The van der Waals surface area contributed by atoms with Crippen molar-refractivity contribution in [2.24, 2.45) is 0 Å². The SMILES string of the molecule is Cc1ccc(N)c(NC(=O)c2ccccc2Br)c1. The van der Waals surface area contributed by atoms with Gasteiger partial charge in [0.05, 0.1) is 16.9 Å². The van der Waals surface area contributed by atoms with Gasteiger partial charge < -0.3 is 11.1 Å². The van der Waals surface area contributed by atoms with Gasteiger partial charge in [-0.3, -0.25) is 4.79 Å². The maximum atomic E-state index is 12.1. The highest BCUT2D eigenvalue weighted by atomic mass is 79.9. The summed E-state index contributed by atoms with van der Waals surface area (Å²) in [5.41, 5.74) is 8.65. The highest BCUT2D eigenvalue weighted by Gasteiger charge is 2.10. The lowest BCUT2D eigenvalue weighted by Gasteiger charge is -2.10. The average Bonchev–Trinajstić information content (AvgIpc) is 2.34. The molecule has 0 saturated heterocycles. The van der Waals surface area contributed by atoms with Crippen LogP contribution < -0.4 is 11.1 Å². The molecule has 0 aromatic heterocycles. The lowest BCUT2D eigenvalue weighted by molar-refractivity contribution is 0.102. The number of hydrogen-bond donors (Lipinski definition) is 2. The molecule has 0 saturated carbocycles. The number of anilines is 2. The predicted molar refractivity (Wildman–Crippen MR) is 77.7 cm³/mol. The fourth-order valence-corrected chi connectivity index (χ4v) is 2.08. The summed E-state index contributed by atoms with van der Waals surface area (Å²) in [5, 5.41) is 2.81.